The summed E-state index contributed by atoms with van der Waals surface area (Å²) < 4.78 is 22.2. The van der Waals surface area contributed by atoms with Crippen LogP contribution >= 0.6 is 0 Å². The van der Waals surface area contributed by atoms with E-state index in [0.717, 1.165) is 33.2 Å². The molecule has 0 bridgehead atoms. The van der Waals surface area contributed by atoms with Gasteiger partial charge in [0.15, 0.2) is 11.5 Å². The lowest BCUT2D eigenvalue weighted by Gasteiger charge is -2.11. The average molecular weight is 459 g/mol. The Labute approximate surface area is 198 Å². The number of aromatic nitrogens is 1. The van der Waals surface area contributed by atoms with Crippen molar-refractivity contribution in [3.05, 3.63) is 72.1 Å². The summed E-state index contributed by atoms with van der Waals surface area (Å²) >= 11 is 0. The molecule has 2 aromatic carbocycles. The minimum Gasteiger partial charge on any atom is -0.496 e. The van der Waals surface area contributed by atoms with E-state index in [0.29, 0.717) is 28.6 Å². The van der Waals surface area contributed by atoms with E-state index in [4.69, 9.17) is 18.6 Å². The van der Waals surface area contributed by atoms with E-state index in [-0.39, 0.29) is 5.91 Å². The van der Waals surface area contributed by atoms with Gasteiger partial charge in [0, 0.05) is 34.9 Å². The predicted molar refractivity (Wildman–Crippen MR) is 133 cm³/mol. The maximum absolute atomic E-state index is 12.6. The van der Waals surface area contributed by atoms with Crippen LogP contribution in [0.4, 0.5) is 5.82 Å². The second kappa shape index (κ2) is 9.70. The van der Waals surface area contributed by atoms with Crippen molar-refractivity contribution in [2.45, 2.75) is 13.8 Å². The zero-order valence-corrected chi connectivity index (χ0v) is 19.8. The van der Waals surface area contributed by atoms with Crippen LogP contribution in [0.25, 0.3) is 27.7 Å². The van der Waals surface area contributed by atoms with Crippen molar-refractivity contribution in [3.8, 4) is 28.4 Å². The van der Waals surface area contributed by atoms with Crippen LogP contribution in [-0.2, 0) is 4.79 Å². The molecule has 0 spiro atoms. The zero-order chi connectivity index (χ0) is 24.2. The van der Waals surface area contributed by atoms with Gasteiger partial charge in [0.25, 0.3) is 0 Å². The Balaban J connectivity index is 1.72. The molecule has 0 unspecified atom stereocenters. The maximum atomic E-state index is 12.6. The number of nitrogens with zero attached hydrogens (tertiary/aromatic N) is 1. The first-order valence-corrected chi connectivity index (χ1v) is 10.7. The van der Waals surface area contributed by atoms with E-state index in [1.807, 2.05) is 50.2 Å². The largest absolute Gasteiger partial charge is 0.496 e. The highest BCUT2D eigenvalue weighted by atomic mass is 16.5. The van der Waals surface area contributed by atoms with Gasteiger partial charge in [0.2, 0.25) is 5.91 Å². The molecular weight excluding hydrogens is 432 g/mol. The van der Waals surface area contributed by atoms with Crippen molar-refractivity contribution in [2.24, 2.45) is 0 Å². The quantitative estimate of drug-likeness (QED) is 0.349. The molecule has 7 nitrogen and oxygen atoms in total. The van der Waals surface area contributed by atoms with Crippen molar-refractivity contribution in [1.29, 1.82) is 0 Å². The summed E-state index contributed by atoms with van der Waals surface area (Å²) in [5.41, 5.74) is 5.02. The first-order chi connectivity index (χ1) is 16.4. The van der Waals surface area contributed by atoms with Gasteiger partial charge in [-0.25, -0.2) is 4.98 Å². The molecule has 0 aliphatic rings. The number of pyridine rings is 1. The number of methoxy groups -OCH3 is 3. The van der Waals surface area contributed by atoms with E-state index in [1.165, 1.54) is 6.08 Å². The topological polar surface area (TPSA) is 82.8 Å². The Bertz CT molecular complexity index is 1370. The summed E-state index contributed by atoms with van der Waals surface area (Å²) in [6.45, 7) is 3.80. The Morgan fingerprint density at radius 2 is 1.74 bits per heavy atom. The molecule has 0 atom stereocenters. The molecule has 0 radical (unpaired) electrons. The van der Waals surface area contributed by atoms with Gasteiger partial charge in [0.05, 0.1) is 27.6 Å². The summed E-state index contributed by atoms with van der Waals surface area (Å²) in [5.74, 6) is 2.10. The normalized spacial score (nSPS) is 11.4. The number of benzene rings is 2. The molecule has 1 N–H and O–H groups in total. The fraction of sp³-hybridized carbons (Fsp3) is 0.185. The van der Waals surface area contributed by atoms with Crippen LogP contribution < -0.4 is 19.5 Å². The number of allylic oxidation sites excluding steroid dienone is 1. The van der Waals surface area contributed by atoms with E-state index < -0.39 is 0 Å². The molecular formula is C27H26N2O5. The number of aryl methyl sites for hydroxylation is 1. The van der Waals surface area contributed by atoms with Gasteiger partial charge >= 0.3 is 0 Å². The van der Waals surface area contributed by atoms with Gasteiger partial charge in [0.1, 0.15) is 17.2 Å². The Kier molecular flexibility index (Phi) is 6.54. The molecule has 0 fully saturated rings. The highest BCUT2D eigenvalue weighted by Gasteiger charge is 2.16. The second-order valence-electron chi connectivity index (χ2n) is 7.81. The summed E-state index contributed by atoms with van der Waals surface area (Å²) in [4.78, 5) is 16.8. The fourth-order valence-corrected chi connectivity index (χ4v) is 3.74. The predicted octanol–water partition coefficient (Wildman–Crippen LogP) is 5.87. The third-order valence-corrected chi connectivity index (χ3v) is 5.53. The third kappa shape index (κ3) is 4.59. The summed E-state index contributed by atoms with van der Waals surface area (Å²) in [6, 6.07) is 13.2. The van der Waals surface area contributed by atoms with Gasteiger partial charge in [-0.2, -0.15) is 0 Å². The lowest BCUT2D eigenvalue weighted by molar-refractivity contribution is -0.111. The lowest BCUT2D eigenvalue weighted by Crippen LogP contribution is -2.10. The molecule has 0 aliphatic heterocycles. The number of carbonyl (C=O) groups excluding carboxylic acids is 1. The van der Waals surface area contributed by atoms with E-state index in [2.05, 4.69) is 10.3 Å². The molecule has 2 aromatic heterocycles. The number of anilines is 1. The summed E-state index contributed by atoms with van der Waals surface area (Å²) in [6.07, 6.45) is 4.93. The molecule has 2 heterocycles. The van der Waals surface area contributed by atoms with Crippen LogP contribution in [0.2, 0.25) is 0 Å². The Morgan fingerprint density at radius 3 is 2.41 bits per heavy atom. The van der Waals surface area contributed by atoms with Gasteiger partial charge < -0.3 is 23.9 Å². The SMILES string of the molecule is COc1ccc(-c2coc3cc(OC)c(/C(C)=C/C(=O)Nc4ccc(C)cn4)cc23)cc1OC. The standard InChI is InChI=1S/C27H26N2O5/c1-16-6-9-26(28-14-16)29-27(30)10-17(2)19-12-20-21(15-34-24(20)13-23(19)32-4)18-7-8-22(31-3)25(11-18)33-5/h6-15H,1-5H3,(H,28,29,30)/b17-10+. The first kappa shape index (κ1) is 22.9. The monoisotopic (exact) mass is 458 g/mol. The van der Waals surface area contributed by atoms with Crippen LogP contribution in [0, 0.1) is 6.92 Å². The number of hydrogen-bond donors (Lipinski definition) is 1. The smallest absolute Gasteiger partial charge is 0.249 e. The minimum atomic E-state index is -0.275. The number of ether oxygens (including phenoxy) is 3. The number of furan rings is 1. The lowest BCUT2D eigenvalue weighted by atomic mass is 9.99. The Morgan fingerprint density at radius 1 is 0.971 bits per heavy atom. The third-order valence-electron chi connectivity index (χ3n) is 5.53. The fourth-order valence-electron chi connectivity index (χ4n) is 3.74. The van der Waals surface area contributed by atoms with Crippen LogP contribution in [0.5, 0.6) is 17.2 Å². The highest BCUT2D eigenvalue weighted by Crippen LogP contribution is 2.39. The number of nitrogens with one attached hydrogen (secondary N) is 1. The molecule has 4 rings (SSSR count). The van der Waals surface area contributed by atoms with Crippen molar-refractivity contribution in [1.82, 2.24) is 4.98 Å². The van der Waals surface area contributed by atoms with Gasteiger partial charge in [-0.15, -0.1) is 0 Å². The van der Waals surface area contributed by atoms with Crippen LogP contribution in [0.3, 0.4) is 0 Å². The van der Waals surface area contributed by atoms with Crippen LogP contribution in [-0.4, -0.2) is 32.2 Å². The molecule has 174 valence electrons. The van der Waals surface area contributed by atoms with Crippen molar-refractivity contribution >= 4 is 28.3 Å². The highest BCUT2D eigenvalue weighted by molar-refractivity contribution is 6.05. The van der Waals surface area contributed by atoms with Gasteiger partial charge in [-0.1, -0.05) is 12.1 Å². The van der Waals surface area contributed by atoms with Crippen molar-refractivity contribution in [3.63, 3.8) is 0 Å². The number of amides is 1. The van der Waals surface area contributed by atoms with Crippen molar-refractivity contribution < 1.29 is 23.4 Å². The molecule has 0 saturated carbocycles. The van der Waals surface area contributed by atoms with Crippen molar-refractivity contribution in [2.75, 3.05) is 26.6 Å². The minimum absolute atomic E-state index is 0.275. The summed E-state index contributed by atoms with van der Waals surface area (Å²) in [5, 5.41) is 3.67. The zero-order valence-electron chi connectivity index (χ0n) is 19.8. The molecule has 0 aliphatic carbocycles. The van der Waals surface area contributed by atoms with E-state index in [1.54, 1.807) is 39.9 Å². The molecule has 34 heavy (non-hydrogen) atoms. The number of fused-ring (bicyclic) bond motifs is 1. The molecule has 7 heteroatoms. The van der Waals surface area contributed by atoms with Gasteiger partial charge in [-0.05, 0) is 54.8 Å². The first-order valence-electron chi connectivity index (χ1n) is 10.7. The van der Waals surface area contributed by atoms with E-state index >= 15 is 0 Å². The number of rotatable bonds is 7. The summed E-state index contributed by atoms with van der Waals surface area (Å²) in [7, 11) is 4.79. The maximum Gasteiger partial charge on any atom is 0.249 e. The molecule has 1 amide bonds. The molecule has 4 aromatic rings. The second-order valence-corrected chi connectivity index (χ2v) is 7.81. The van der Waals surface area contributed by atoms with Gasteiger partial charge in [-0.3, -0.25) is 4.79 Å². The Hall–Kier alpha value is -4.26. The number of carbonyl (C=O) groups is 1. The van der Waals surface area contributed by atoms with Crippen LogP contribution in [0.1, 0.15) is 18.1 Å². The average Bonchev–Trinajstić information content (AvgIpc) is 3.26. The molecule has 0 saturated heterocycles. The number of hydrogen-bond acceptors (Lipinski definition) is 6. The van der Waals surface area contributed by atoms with E-state index in [9.17, 15) is 4.79 Å². The van der Waals surface area contributed by atoms with Crippen LogP contribution in [0.15, 0.2) is 65.4 Å².